The molecule has 1 saturated heterocycles. The van der Waals surface area contributed by atoms with E-state index in [1.807, 2.05) is 0 Å². The molecule has 0 unspecified atom stereocenters. The summed E-state index contributed by atoms with van der Waals surface area (Å²) in [5.41, 5.74) is 3.84. The topological polar surface area (TPSA) is 27.5 Å². The number of imidazole rings is 1. The highest BCUT2D eigenvalue weighted by molar-refractivity contribution is 5.80. The molecular weight excluding hydrogens is 310 g/mol. The van der Waals surface area contributed by atoms with Gasteiger partial charge in [-0.25, -0.2) is 4.98 Å². The van der Waals surface area contributed by atoms with Crippen molar-refractivity contribution in [1.29, 1.82) is 0 Å². The minimum Gasteiger partial charge on any atom is -0.369 e. The molecule has 1 saturated carbocycles. The standard InChI is InChI=1S/C20H29N5/c1-22-9-11-24(12-10-22)17-5-6-19-18(15-17)21-20-7-8-23(13-14-25(19)20)16-3-2-4-16/h5-6,15-16H,2-4,7-14H2,1H3. The van der Waals surface area contributed by atoms with Crippen LogP contribution in [0.4, 0.5) is 5.69 Å². The van der Waals surface area contributed by atoms with Crippen molar-refractivity contribution in [3.8, 4) is 0 Å². The number of likely N-dealkylation sites (N-methyl/N-ethyl adjacent to an activating group) is 1. The third-order valence-electron chi connectivity index (χ3n) is 6.50. The highest BCUT2D eigenvalue weighted by Crippen LogP contribution is 2.28. The largest absolute Gasteiger partial charge is 0.369 e. The molecule has 0 bridgehead atoms. The minimum atomic E-state index is 0.847. The molecule has 2 aliphatic heterocycles. The maximum atomic E-state index is 5.02. The van der Waals surface area contributed by atoms with E-state index in [9.17, 15) is 0 Å². The van der Waals surface area contributed by atoms with Crippen molar-refractivity contribution >= 4 is 16.7 Å². The smallest absolute Gasteiger partial charge is 0.111 e. The molecule has 0 N–H and O–H groups in total. The Kier molecular flexibility index (Phi) is 3.94. The van der Waals surface area contributed by atoms with Gasteiger partial charge in [0.15, 0.2) is 0 Å². The van der Waals surface area contributed by atoms with Gasteiger partial charge in [-0.2, -0.15) is 0 Å². The van der Waals surface area contributed by atoms with E-state index in [0.717, 1.165) is 45.2 Å². The number of aromatic nitrogens is 2. The van der Waals surface area contributed by atoms with Crippen LogP contribution in [0.3, 0.4) is 0 Å². The van der Waals surface area contributed by atoms with Crippen LogP contribution in [0.5, 0.6) is 0 Å². The van der Waals surface area contributed by atoms with Gasteiger partial charge >= 0.3 is 0 Å². The van der Waals surface area contributed by atoms with Crippen LogP contribution in [-0.4, -0.2) is 71.7 Å². The van der Waals surface area contributed by atoms with Gasteiger partial charge < -0.3 is 14.4 Å². The fraction of sp³-hybridized carbons (Fsp3) is 0.650. The number of hydrogen-bond donors (Lipinski definition) is 0. The van der Waals surface area contributed by atoms with Crippen LogP contribution in [0.15, 0.2) is 18.2 Å². The van der Waals surface area contributed by atoms with Gasteiger partial charge in [-0.3, -0.25) is 4.90 Å². The molecule has 0 radical (unpaired) electrons. The summed E-state index contributed by atoms with van der Waals surface area (Å²) >= 11 is 0. The monoisotopic (exact) mass is 339 g/mol. The number of piperazine rings is 1. The number of anilines is 1. The summed E-state index contributed by atoms with van der Waals surface area (Å²) in [6.45, 7) is 7.99. The van der Waals surface area contributed by atoms with E-state index in [-0.39, 0.29) is 0 Å². The Morgan fingerprint density at radius 1 is 0.960 bits per heavy atom. The fourth-order valence-corrected chi connectivity index (χ4v) is 4.57. The number of rotatable bonds is 2. The molecule has 0 atom stereocenters. The second-order valence-corrected chi connectivity index (χ2v) is 8.01. The quantitative estimate of drug-likeness (QED) is 0.838. The average molecular weight is 339 g/mol. The average Bonchev–Trinajstić information content (AvgIpc) is 2.80. The molecule has 5 nitrogen and oxygen atoms in total. The zero-order chi connectivity index (χ0) is 16.8. The van der Waals surface area contributed by atoms with Crippen LogP contribution in [0.1, 0.15) is 25.1 Å². The first kappa shape index (κ1) is 15.6. The summed E-state index contributed by atoms with van der Waals surface area (Å²) in [6.07, 6.45) is 5.31. The molecule has 134 valence electrons. The molecular formula is C20H29N5. The Morgan fingerprint density at radius 2 is 1.80 bits per heavy atom. The Morgan fingerprint density at radius 3 is 2.56 bits per heavy atom. The Labute approximate surface area is 150 Å². The second-order valence-electron chi connectivity index (χ2n) is 8.01. The Hall–Kier alpha value is -1.59. The fourth-order valence-electron chi connectivity index (χ4n) is 4.57. The maximum absolute atomic E-state index is 5.02. The van der Waals surface area contributed by atoms with Crippen molar-refractivity contribution in [2.45, 2.75) is 38.3 Å². The second kappa shape index (κ2) is 6.29. The maximum Gasteiger partial charge on any atom is 0.111 e. The third-order valence-corrected chi connectivity index (χ3v) is 6.50. The first-order valence-electron chi connectivity index (χ1n) is 9.95. The summed E-state index contributed by atoms with van der Waals surface area (Å²) in [6, 6.07) is 7.77. The van der Waals surface area contributed by atoms with Gasteiger partial charge in [0.25, 0.3) is 0 Å². The number of fused-ring (bicyclic) bond motifs is 3. The number of hydrogen-bond acceptors (Lipinski definition) is 4. The van der Waals surface area contributed by atoms with Crippen LogP contribution < -0.4 is 4.90 Å². The van der Waals surface area contributed by atoms with Crippen molar-refractivity contribution < 1.29 is 0 Å². The van der Waals surface area contributed by atoms with Crippen molar-refractivity contribution in [1.82, 2.24) is 19.4 Å². The minimum absolute atomic E-state index is 0.847. The molecule has 1 aromatic heterocycles. The van der Waals surface area contributed by atoms with Crippen molar-refractivity contribution in [3.63, 3.8) is 0 Å². The molecule has 25 heavy (non-hydrogen) atoms. The zero-order valence-electron chi connectivity index (χ0n) is 15.3. The number of benzene rings is 1. The van der Waals surface area contributed by atoms with Gasteiger partial charge in [0, 0.05) is 64.0 Å². The molecule has 2 fully saturated rings. The van der Waals surface area contributed by atoms with E-state index in [0.29, 0.717) is 0 Å². The van der Waals surface area contributed by atoms with Gasteiger partial charge in [0.1, 0.15) is 5.82 Å². The Bertz CT molecular complexity index is 755. The van der Waals surface area contributed by atoms with Crippen LogP contribution in [-0.2, 0) is 13.0 Å². The molecule has 1 aromatic carbocycles. The molecule has 0 amide bonds. The van der Waals surface area contributed by atoms with E-state index in [2.05, 4.69) is 44.5 Å². The van der Waals surface area contributed by atoms with Crippen LogP contribution in [0.25, 0.3) is 11.0 Å². The van der Waals surface area contributed by atoms with Gasteiger partial charge in [-0.05, 0) is 38.1 Å². The highest BCUT2D eigenvalue weighted by Gasteiger charge is 2.27. The predicted octanol–water partition coefficient (Wildman–Crippen LogP) is 2.20. The molecule has 5 rings (SSSR count). The van der Waals surface area contributed by atoms with Crippen LogP contribution in [0, 0.1) is 0 Å². The molecule has 5 heteroatoms. The summed E-state index contributed by atoms with van der Waals surface area (Å²) in [4.78, 5) is 12.6. The van der Waals surface area contributed by atoms with Gasteiger partial charge in [0.05, 0.1) is 11.0 Å². The molecule has 2 aromatic rings. The van der Waals surface area contributed by atoms with Crippen LogP contribution in [0.2, 0.25) is 0 Å². The lowest BCUT2D eigenvalue weighted by atomic mass is 9.91. The Balaban J connectivity index is 1.38. The normalized spacial score (nSPS) is 23.5. The van der Waals surface area contributed by atoms with Crippen LogP contribution >= 0.6 is 0 Å². The summed E-state index contributed by atoms with van der Waals surface area (Å²) in [7, 11) is 2.21. The molecule has 3 aliphatic rings. The first-order valence-corrected chi connectivity index (χ1v) is 9.95. The van der Waals surface area contributed by atoms with Crippen molar-refractivity contribution in [2.75, 3.05) is 51.2 Å². The molecule has 1 aliphatic carbocycles. The lowest BCUT2D eigenvalue weighted by molar-refractivity contribution is 0.130. The van der Waals surface area contributed by atoms with E-state index in [1.165, 1.54) is 54.9 Å². The first-order chi connectivity index (χ1) is 12.3. The summed E-state index contributed by atoms with van der Waals surface area (Å²) < 4.78 is 2.47. The molecule has 3 heterocycles. The summed E-state index contributed by atoms with van der Waals surface area (Å²) in [5, 5.41) is 0. The van der Waals surface area contributed by atoms with Gasteiger partial charge in [-0.1, -0.05) is 6.42 Å². The van der Waals surface area contributed by atoms with Gasteiger partial charge in [0.2, 0.25) is 0 Å². The lowest BCUT2D eigenvalue weighted by Crippen LogP contribution is -2.44. The highest BCUT2D eigenvalue weighted by atomic mass is 15.3. The predicted molar refractivity (Wildman–Crippen MR) is 102 cm³/mol. The SMILES string of the molecule is CN1CCN(c2ccc3c(c2)nc2n3CCN(C3CCC3)CC2)CC1. The third kappa shape index (κ3) is 2.83. The van der Waals surface area contributed by atoms with E-state index in [1.54, 1.807) is 0 Å². The lowest BCUT2D eigenvalue weighted by Gasteiger charge is -2.36. The summed E-state index contributed by atoms with van der Waals surface area (Å²) in [5.74, 6) is 1.28. The zero-order valence-corrected chi connectivity index (χ0v) is 15.3. The molecule has 0 spiro atoms. The van der Waals surface area contributed by atoms with E-state index >= 15 is 0 Å². The van der Waals surface area contributed by atoms with Crippen molar-refractivity contribution in [3.05, 3.63) is 24.0 Å². The van der Waals surface area contributed by atoms with E-state index in [4.69, 9.17) is 4.98 Å². The van der Waals surface area contributed by atoms with E-state index < -0.39 is 0 Å². The van der Waals surface area contributed by atoms with Crippen molar-refractivity contribution in [2.24, 2.45) is 0 Å². The van der Waals surface area contributed by atoms with Gasteiger partial charge in [-0.15, -0.1) is 0 Å². The number of nitrogens with zero attached hydrogens (tertiary/aromatic N) is 5.